The SMILES string of the molecule is COC(=O)CNC(=O)CC(NC(=O)c1cc(-c2c(OC)cccc2OC)n(-c2ccc(F)cc2)n1)C1CCCCC1.COc1cccc(OC)c1-c1cc(C(=O)NC(CC(=O)O)C2CCCCC2)nn1-c1ccc(F)cc1. The average molecular weight is 1060 g/mol. The van der Waals surface area contributed by atoms with E-state index in [1.165, 1.54) is 69.2 Å². The van der Waals surface area contributed by atoms with E-state index in [4.69, 9.17) is 18.9 Å². The van der Waals surface area contributed by atoms with Gasteiger partial charge >= 0.3 is 11.9 Å². The molecule has 4 aromatic carbocycles. The van der Waals surface area contributed by atoms with Crippen LogP contribution in [0, 0.1) is 23.5 Å². The summed E-state index contributed by atoms with van der Waals surface area (Å²) in [5.41, 5.74) is 3.43. The first kappa shape index (κ1) is 56.4. The first-order chi connectivity index (χ1) is 37.2. The zero-order valence-electron chi connectivity index (χ0n) is 43.8. The predicted octanol–water partition coefficient (Wildman–Crippen LogP) is 8.90. The summed E-state index contributed by atoms with van der Waals surface area (Å²) in [6.45, 7) is -0.243. The zero-order chi connectivity index (χ0) is 55.0. The lowest BCUT2D eigenvalue weighted by molar-refractivity contribution is -0.141. The number of amides is 3. The minimum Gasteiger partial charge on any atom is -0.496 e. The highest BCUT2D eigenvalue weighted by Gasteiger charge is 2.32. The topological polar surface area (TPSA) is 223 Å². The third kappa shape index (κ3) is 14.4. The zero-order valence-corrected chi connectivity index (χ0v) is 43.8. The predicted molar refractivity (Wildman–Crippen MR) is 282 cm³/mol. The van der Waals surface area contributed by atoms with Gasteiger partial charge in [-0.1, -0.05) is 50.7 Å². The number of halogens is 2. The van der Waals surface area contributed by atoms with Crippen molar-refractivity contribution in [3.63, 3.8) is 0 Å². The van der Waals surface area contributed by atoms with Crippen LogP contribution in [0.15, 0.2) is 97.1 Å². The second-order valence-corrected chi connectivity index (χ2v) is 18.8. The second kappa shape index (κ2) is 27.0. The third-order valence-corrected chi connectivity index (χ3v) is 13.9. The van der Waals surface area contributed by atoms with E-state index < -0.39 is 47.5 Å². The van der Waals surface area contributed by atoms with Crippen molar-refractivity contribution in [1.82, 2.24) is 35.5 Å². The minimum atomic E-state index is -0.956. The summed E-state index contributed by atoms with van der Waals surface area (Å²) in [6, 6.07) is 24.4. The molecular weight excluding hydrogens is 997 g/mol. The molecule has 4 N–H and O–H groups in total. The summed E-state index contributed by atoms with van der Waals surface area (Å²) in [5, 5.41) is 27.1. The molecule has 18 nitrogen and oxygen atoms in total. The molecule has 3 amide bonds. The number of nitrogens with one attached hydrogen (secondary N) is 3. The van der Waals surface area contributed by atoms with Gasteiger partial charge in [0.05, 0.1) is 75.9 Å². The van der Waals surface area contributed by atoms with Crippen molar-refractivity contribution in [2.75, 3.05) is 42.1 Å². The first-order valence-electron chi connectivity index (χ1n) is 25.6. The molecule has 0 bridgehead atoms. The molecule has 2 aliphatic carbocycles. The van der Waals surface area contributed by atoms with Gasteiger partial charge in [-0.15, -0.1) is 0 Å². The fraction of sp³-hybridized carbons (Fsp3) is 0.386. The van der Waals surface area contributed by atoms with Crippen LogP contribution < -0.4 is 34.9 Å². The van der Waals surface area contributed by atoms with Gasteiger partial charge in [0.1, 0.15) is 41.2 Å². The maximum absolute atomic E-state index is 13.7. The number of aliphatic carboxylic acids is 1. The quantitative estimate of drug-likeness (QED) is 0.0525. The summed E-state index contributed by atoms with van der Waals surface area (Å²) < 4.78 is 57.4. The van der Waals surface area contributed by atoms with E-state index in [0.29, 0.717) is 56.9 Å². The maximum Gasteiger partial charge on any atom is 0.325 e. The van der Waals surface area contributed by atoms with Gasteiger partial charge in [0.2, 0.25) is 5.91 Å². The molecular formula is C57H65F2N7O11. The average Bonchev–Trinajstić information content (AvgIpc) is 4.13. The van der Waals surface area contributed by atoms with Crippen LogP contribution in [0.5, 0.6) is 23.0 Å². The van der Waals surface area contributed by atoms with E-state index in [1.54, 1.807) is 72.8 Å². The molecule has 77 heavy (non-hydrogen) atoms. The Morgan fingerprint density at radius 1 is 0.571 bits per heavy atom. The smallest absolute Gasteiger partial charge is 0.325 e. The lowest BCUT2D eigenvalue weighted by atomic mass is 9.82. The lowest BCUT2D eigenvalue weighted by Gasteiger charge is -2.30. The maximum atomic E-state index is 13.7. The molecule has 8 rings (SSSR count). The van der Waals surface area contributed by atoms with E-state index in [0.717, 1.165) is 64.2 Å². The first-order valence-corrected chi connectivity index (χ1v) is 25.6. The molecule has 2 heterocycles. The van der Waals surface area contributed by atoms with Gasteiger partial charge in [0, 0.05) is 18.5 Å². The highest BCUT2D eigenvalue weighted by molar-refractivity contribution is 5.96. The number of nitrogens with zero attached hydrogens (tertiary/aromatic N) is 4. The van der Waals surface area contributed by atoms with E-state index in [9.17, 15) is 37.9 Å². The fourth-order valence-electron chi connectivity index (χ4n) is 10.0. The Bertz CT molecular complexity index is 2940. The number of hydrogen-bond donors (Lipinski definition) is 4. The molecule has 0 aliphatic heterocycles. The molecule has 0 spiro atoms. The Balaban J connectivity index is 0.000000225. The van der Waals surface area contributed by atoms with Crippen LogP contribution in [0.1, 0.15) is 98.0 Å². The van der Waals surface area contributed by atoms with E-state index in [2.05, 4.69) is 30.9 Å². The van der Waals surface area contributed by atoms with E-state index in [1.807, 2.05) is 0 Å². The number of carbonyl (C=O) groups is 5. The van der Waals surface area contributed by atoms with Gasteiger partial charge in [-0.3, -0.25) is 24.0 Å². The van der Waals surface area contributed by atoms with Crippen LogP contribution in [0.25, 0.3) is 33.9 Å². The summed E-state index contributed by atoms with van der Waals surface area (Å²) in [5.74, 6) is -1.38. The lowest BCUT2D eigenvalue weighted by Crippen LogP contribution is -2.45. The van der Waals surface area contributed by atoms with Crippen LogP contribution in [0.4, 0.5) is 8.78 Å². The normalized spacial score (nSPS) is 14.4. The van der Waals surface area contributed by atoms with Gasteiger partial charge in [0.15, 0.2) is 11.4 Å². The van der Waals surface area contributed by atoms with Gasteiger partial charge < -0.3 is 44.7 Å². The minimum absolute atomic E-state index is 0.0132. The Hall–Kier alpha value is -8.29. The van der Waals surface area contributed by atoms with Gasteiger partial charge in [-0.05, 0) is 122 Å². The number of esters is 1. The van der Waals surface area contributed by atoms with E-state index in [-0.39, 0.29) is 48.5 Å². The van der Waals surface area contributed by atoms with Crippen molar-refractivity contribution in [2.24, 2.45) is 11.8 Å². The third-order valence-electron chi connectivity index (χ3n) is 13.9. The molecule has 0 radical (unpaired) electrons. The number of methoxy groups -OCH3 is 5. The number of benzene rings is 4. The highest BCUT2D eigenvalue weighted by atomic mass is 19.1. The molecule has 2 aliphatic rings. The van der Waals surface area contributed by atoms with Crippen LogP contribution >= 0.6 is 0 Å². The molecule has 20 heteroatoms. The Labute approximate surface area is 445 Å². The summed E-state index contributed by atoms with van der Waals surface area (Å²) in [4.78, 5) is 62.7. The molecule has 2 saturated carbocycles. The molecule has 408 valence electrons. The van der Waals surface area contributed by atoms with Crippen molar-refractivity contribution in [2.45, 2.75) is 89.1 Å². The summed E-state index contributed by atoms with van der Waals surface area (Å²) in [7, 11) is 7.38. The van der Waals surface area contributed by atoms with Gasteiger partial charge in [-0.25, -0.2) is 18.1 Å². The largest absolute Gasteiger partial charge is 0.496 e. The Morgan fingerprint density at radius 3 is 1.30 bits per heavy atom. The molecule has 2 aromatic heterocycles. The number of hydrogen-bond acceptors (Lipinski definition) is 12. The second-order valence-electron chi connectivity index (χ2n) is 18.8. The number of carboxylic acid groups (broad SMARTS) is 1. The number of carbonyl (C=O) groups excluding carboxylic acids is 4. The van der Waals surface area contributed by atoms with Crippen molar-refractivity contribution in [1.29, 1.82) is 0 Å². The van der Waals surface area contributed by atoms with Crippen molar-refractivity contribution >= 4 is 29.7 Å². The van der Waals surface area contributed by atoms with Crippen LogP contribution in [-0.2, 0) is 19.1 Å². The van der Waals surface area contributed by atoms with Crippen LogP contribution in [0.2, 0.25) is 0 Å². The monoisotopic (exact) mass is 1060 g/mol. The van der Waals surface area contributed by atoms with Gasteiger partial charge in [0.25, 0.3) is 11.8 Å². The van der Waals surface area contributed by atoms with Crippen molar-refractivity contribution in [3.05, 3.63) is 120 Å². The summed E-state index contributed by atoms with van der Waals surface area (Å²) >= 11 is 0. The molecule has 0 saturated heterocycles. The summed E-state index contributed by atoms with van der Waals surface area (Å²) in [6.07, 6.45) is 9.68. The van der Waals surface area contributed by atoms with Gasteiger partial charge in [-0.2, -0.15) is 10.2 Å². The number of carboxylic acids is 1. The highest BCUT2D eigenvalue weighted by Crippen LogP contribution is 2.41. The van der Waals surface area contributed by atoms with Crippen LogP contribution in [0.3, 0.4) is 0 Å². The fourth-order valence-corrected chi connectivity index (χ4v) is 10.0. The number of aromatic nitrogens is 4. The molecule has 2 fully saturated rings. The standard InChI is InChI=1S/C30H35FN4O6.C27H30FN3O5/c1-39-25-10-7-11-26(40-2)29(25)24-16-23(34-35(24)21-14-12-20(31)13-15-21)30(38)33-22(19-8-5-4-6-9-19)17-27(36)32-18-28(37)41-3;1-35-23-9-6-10-24(36-2)26(23)22-15-21(30-31(22)19-13-11-18(28)12-14-19)27(34)29-20(16-25(32)33)17-7-4-3-5-8-17/h7,10-16,19,22H,4-6,8-9,17-18H2,1-3H3,(H,32,36)(H,33,38);6,9-15,17,20H,3-5,7-8,16H2,1-2H3,(H,29,34)(H,32,33). The molecule has 2 atom stereocenters. The Morgan fingerprint density at radius 2 is 0.948 bits per heavy atom. The Kier molecular flexibility index (Phi) is 19.8. The number of ether oxygens (including phenoxy) is 5. The number of rotatable bonds is 20. The molecule has 2 unspecified atom stereocenters. The molecule has 6 aromatic rings. The van der Waals surface area contributed by atoms with Crippen molar-refractivity contribution < 1.29 is 61.5 Å². The van der Waals surface area contributed by atoms with Crippen LogP contribution in [-0.4, -0.2) is 109 Å². The van der Waals surface area contributed by atoms with Crippen molar-refractivity contribution in [3.8, 4) is 56.9 Å². The van der Waals surface area contributed by atoms with E-state index >= 15 is 0 Å².